The second-order valence-electron chi connectivity index (χ2n) is 8.65. The summed E-state index contributed by atoms with van der Waals surface area (Å²) in [5.74, 6) is 0.0794. The van der Waals surface area contributed by atoms with Crippen molar-refractivity contribution in [2.24, 2.45) is 11.8 Å². The van der Waals surface area contributed by atoms with Gasteiger partial charge < -0.3 is 9.42 Å². The number of amides is 2. The summed E-state index contributed by atoms with van der Waals surface area (Å²) in [6, 6.07) is 5.87. The minimum absolute atomic E-state index is 0.00839. The quantitative estimate of drug-likeness (QED) is 0.576. The van der Waals surface area contributed by atoms with Crippen LogP contribution in [0.4, 0.5) is 0 Å². The average molecular weight is 493 g/mol. The van der Waals surface area contributed by atoms with Gasteiger partial charge in [-0.3, -0.25) is 19.4 Å². The first kappa shape index (κ1) is 20.4. The third kappa shape index (κ3) is 3.26. The van der Waals surface area contributed by atoms with Crippen molar-refractivity contribution in [1.82, 2.24) is 19.9 Å². The van der Waals surface area contributed by atoms with E-state index >= 15 is 0 Å². The Morgan fingerprint density at radius 2 is 2.07 bits per heavy atom. The summed E-state index contributed by atoms with van der Waals surface area (Å²) in [5.41, 5.74) is 0.769. The molecule has 2 amide bonds. The second kappa shape index (κ2) is 7.85. The van der Waals surface area contributed by atoms with Gasteiger partial charge in [0.2, 0.25) is 11.8 Å². The number of aromatic nitrogens is 1. The molecule has 0 radical (unpaired) electrons. The Morgan fingerprint density at radius 3 is 2.80 bits per heavy atom. The SMILES string of the molecule is CN(C)CCCN1C(=O)[C@@H]2[C@H](C1=O)[C@H](c1cc(-c3ccc(Br)s3)on1)N1CCC[C@@H]21. The van der Waals surface area contributed by atoms with Crippen LogP contribution in [0.1, 0.15) is 31.0 Å². The van der Waals surface area contributed by atoms with Gasteiger partial charge in [-0.2, -0.15) is 0 Å². The lowest BCUT2D eigenvalue weighted by molar-refractivity contribution is -0.141. The van der Waals surface area contributed by atoms with Gasteiger partial charge in [-0.15, -0.1) is 11.3 Å². The molecular formula is C21H25BrN4O3S. The topological polar surface area (TPSA) is 69.9 Å². The number of fused-ring (bicyclic) bond motifs is 3. The summed E-state index contributed by atoms with van der Waals surface area (Å²) >= 11 is 5.07. The Kier molecular flexibility index (Phi) is 5.33. The maximum atomic E-state index is 13.4. The van der Waals surface area contributed by atoms with E-state index in [0.717, 1.165) is 46.7 Å². The number of nitrogens with zero attached hydrogens (tertiary/aromatic N) is 4. The minimum Gasteiger partial charge on any atom is -0.355 e. The third-order valence-corrected chi connectivity index (χ3v) is 8.22. The van der Waals surface area contributed by atoms with E-state index in [0.29, 0.717) is 12.3 Å². The smallest absolute Gasteiger partial charge is 0.235 e. The molecule has 0 aliphatic carbocycles. The van der Waals surface area contributed by atoms with E-state index in [1.165, 1.54) is 4.90 Å². The van der Waals surface area contributed by atoms with Crippen LogP contribution < -0.4 is 0 Å². The number of rotatable bonds is 6. The van der Waals surface area contributed by atoms with Crippen LogP contribution in [0.15, 0.2) is 26.5 Å². The molecular weight excluding hydrogens is 468 g/mol. The first-order valence-electron chi connectivity index (χ1n) is 10.4. The van der Waals surface area contributed by atoms with Crippen LogP contribution in [-0.4, -0.2) is 71.4 Å². The Balaban J connectivity index is 1.43. The molecule has 0 aromatic carbocycles. The van der Waals surface area contributed by atoms with Crippen molar-refractivity contribution in [2.75, 3.05) is 33.7 Å². The minimum atomic E-state index is -0.352. The van der Waals surface area contributed by atoms with Gasteiger partial charge in [-0.25, -0.2) is 0 Å². The Bertz CT molecular complexity index is 973. The highest BCUT2D eigenvalue weighted by atomic mass is 79.9. The fourth-order valence-electron chi connectivity index (χ4n) is 5.37. The molecule has 2 aromatic rings. The van der Waals surface area contributed by atoms with Gasteiger partial charge in [-0.05, 0) is 74.5 Å². The lowest BCUT2D eigenvalue weighted by atomic mass is 9.86. The van der Waals surface area contributed by atoms with Gasteiger partial charge in [-0.1, -0.05) is 5.16 Å². The predicted octanol–water partition coefficient (Wildman–Crippen LogP) is 3.24. The van der Waals surface area contributed by atoms with Gasteiger partial charge >= 0.3 is 0 Å². The number of carbonyl (C=O) groups excluding carboxylic acids is 2. The van der Waals surface area contributed by atoms with Gasteiger partial charge in [0.15, 0.2) is 5.76 Å². The lowest BCUT2D eigenvalue weighted by Crippen LogP contribution is -2.40. The molecule has 3 saturated heterocycles. The van der Waals surface area contributed by atoms with E-state index in [1.807, 2.05) is 32.3 Å². The Hall–Kier alpha value is -1.55. The fraction of sp³-hybridized carbons (Fsp3) is 0.571. The molecule has 5 heterocycles. The van der Waals surface area contributed by atoms with Crippen molar-refractivity contribution >= 4 is 39.1 Å². The summed E-state index contributed by atoms with van der Waals surface area (Å²) in [6.07, 6.45) is 2.81. The van der Waals surface area contributed by atoms with Gasteiger partial charge in [0.1, 0.15) is 5.69 Å². The Morgan fingerprint density at radius 1 is 1.27 bits per heavy atom. The molecule has 0 bridgehead atoms. The largest absolute Gasteiger partial charge is 0.355 e. The summed E-state index contributed by atoms with van der Waals surface area (Å²) in [5, 5.41) is 4.36. The van der Waals surface area contributed by atoms with Crippen molar-refractivity contribution in [2.45, 2.75) is 31.3 Å². The van der Waals surface area contributed by atoms with E-state index < -0.39 is 0 Å². The molecule has 5 rings (SSSR count). The van der Waals surface area contributed by atoms with Crippen LogP contribution in [-0.2, 0) is 9.59 Å². The summed E-state index contributed by atoms with van der Waals surface area (Å²) in [4.78, 5) is 33.5. The van der Waals surface area contributed by atoms with Crippen molar-refractivity contribution in [3.63, 3.8) is 0 Å². The summed E-state index contributed by atoms with van der Waals surface area (Å²) < 4.78 is 6.68. The first-order chi connectivity index (χ1) is 14.5. The molecule has 3 fully saturated rings. The molecule has 2 aromatic heterocycles. The lowest BCUT2D eigenvalue weighted by Gasteiger charge is -2.27. The molecule has 0 saturated carbocycles. The number of halogens is 1. The molecule has 0 N–H and O–H groups in total. The Labute approximate surface area is 188 Å². The zero-order valence-electron chi connectivity index (χ0n) is 17.1. The number of carbonyl (C=O) groups is 2. The average Bonchev–Trinajstić information content (AvgIpc) is 3.47. The van der Waals surface area contributed by atoms with Gasteiger partial charge in [0, 0.05) is 18.7 Å². The zero-order valence-corrected chi connectivity index (χ0v) is 19.5. The van der Waals surface area contributed by atoms with E-state index in [9.17, 15) is 9.59 Å². The van der Waals surface area contributed by atoms with Crippen LogP contribution in [0, 0.1) is 11.8 Å². The molecule has 7 nitrogen and oxygen atoms in total. The van der Waals surface area contributed by atoms with Gasteiger partial charge in [0.25, 0.3) is 0 Å². The molecule has 0 spiro atoms. The molecule has 3 aliphatic rings. The van der Waals surface area contributed by atoms with E-state index in [2.05, 4.69) is 30.9 Å². The number of likely N-dealkylation sites (tertiary alicyclic amines) is 1. The van der Waals surface area contributed by atoms with Crippen molar-refractivity contribution in [1.29, 1.82) is 0 Å². The number of thiophene rings is 1. The summed E-state index contributed by atoms with van der Waals surface area (Å²) in [6.45, 7) is 2.25. The van der Waals surface area contributed by atoms with Crippen molar-refractivity contribution in [3.05, 3.63) is 27.7 Å². The zero-order chi connectivity index (χ0) is 21.0. The highest BCUT2D eigenvalue weighted by Crippen LogP contribution is 2.53. The second-order valence-corrected chi connectivity index (χ2v) is 11.1. The molecule has 160 valence electrons. The summed E-state index contributed by atoms with van der Waals surface area (Å²) in [7, 11) is 4.01. The van der Waals surface area contributed by atoms with Crippen LogP contribution in [0.2, 0.25) is 0 Å². The van der Waals surface area contributed by atoms with Crippen LogP contribution in [0.3, 0.4) is 0 Å². The highest BCUT2D eigenvalue weighted by molar-refractivity contribution is 9.11. The monoisotopic (exact) mass is 492 g/mol. The maximum absolute atomic E-state index is 13.4. The number of hydrogen-bond acceptors (Lipinski definition) is 7. The normalized spacial score (nSPS) is 28.7. The number of hydrogen-bond donors (Lipinski definition) is 0. The molecule has 9 heteroatoms. The fourth-order valence-corrected chi connectivity index (χ4v) is 6.71. The van der Waals surface area contributed by atoms with Crippen LogP contribution in [0.5, 0.6) is 0 Å². The standard InChI is InChI=1S/C21H25BrN4O3S/c1-24(2)8-4-10-26-20(27)17-13-5-3-9-25(13)19(18(17)21(26)28)12-11-14(29-23-12)15-6-7-16(22)30-15/h6-7,11,13,17-19H,3-5,8-10H2,1-2H3/t13-,17-,18-,19-/m0/s1. The predicted molar refractivity (Wildman–Crippen MR) is 117 cm³/mol. The highest BCUT2D eigenvalue weighted by Gasteiger charge is 2.63. The number of imide groups is 1. The maximum Gasteiger partial charge on any atom is 0.235 e. The van der Waals surface area contributed by atoms with Crippen molar-refractivity contribution < 1.29 is 14.1 Å². The van der Waals surface area contributed by atoms with Crippen LogP contribution >= 0.6 is 27.3 Å². The van der Waals surface area contributed by atoms with Crippen LogP contribution in [0.25, 0.3) is 10.6 Å². The van der Waals surface area contributed by atoms with E-state index in [1.54, 1.807) is 11.3 Å². The van der Waals surface area contributed by atoms with Gasteiger partial charge in [0.05, 0.1) is 26.5 Å². The molecule has 3 aliphatic heterocycles. The molecule has 4 atom stereocenters. The third-order valence-electron chi connectivity index (χ3n) is 6.58. The van der Waals surface area contributed by atoms with E-state index in [-0.39, 0.29) is 35.7 Å². The molecule has 0 unspecified atom stereocenters. The van der Waals surface area contributed by atoms with Crippen molar-refractivity contribution in [3.8, 4) is 10.6 Å². The first-order valence-corrected chi connectivity index (χ1v) is 12.0. The van der Waals surface area contributed by atoms with E-state index in [4.69, 9.17) is 4.52 Å². The molecule has 30 heavy (non-hydrogen) atoms.